The molecule has 0 radical (unpaired) electrons. The molecule has 17 heavy (non-hydrogen) atoms. The Morgan fingerprint density at radius 2 is 2.18 bits per heavy atom. The van der Waals surface area contributed by atoms with Gasteiger partial charge in [-0.25, -0.2) is 0 Å². The average molecular weight is 251 g/mol. The molecule has 1 heterocycles. The number of hydrogen-bond acceptors (Lipinski definition) is 2. The van der Waals surface area contributed by atoms with Crippen LogP contribution in [0.2, 0.25) is 0 Å². The lowest BCUT2D eigenvalue weighted by Gasteiger charge is -2.34. The van der Waals surface area contributed by atoms with Crippen LogP contribution in [0.1, 0.15) is 48.0 Å². The highest BCUT2D eigenvalue weighted by atomic mass is 32.1. The van der Waals surface area contributed by atoms with E-state index >= 15 is 0 Å². The van der Waals surface area contributed by atoms with Crippen LogP contribution in [0.15, 0.2) is 5.38 Å². The molecule has 0 saturated heterocycles. The Kier molecular flexibility index (Phi) is 3.30. The number of rotatable bonds is 1. The van der Waals surface area contributed by atoms with Gasteiger partial charge in [0, 0.05) is 17.3 Å². The maximum atomic E-state index is 11.7. The summed E-state index contributed by atoms with van der Waals surface area (Å²) in [5.41, 5.74) is 2.57. The van der Waals surface area contributed by atoms with Crippen molar-refractivity contribution >= 4 is 17.2 Å². The van der Waals surface area contributed by atoms with Crippen molar-refractivity contribution in [2.24, 2.45) is 11.3 Å². The topological polar surface area (TPSA) is 29.1 Å². The Morgan fingerprint density at radius 3 is 2.76 bits per heavy atom. The van der Waals surface area contributed by atoms with E-state index in [4.69, 9.17) is 0 Å². The lowest BCUT2D eigenvalue weighted by Crippen LogP contribution is -2.27. The predicted molar refractivity (Wildman–Crippen MR) is 72.7 cm³/mol. The van der Waals surface area contributed by atoms with Gasteiger partial charge in [0.25, 0.3) is 5.91 Å². The second-order valence-corrected chi connectivity index (χ2v) is 6.90. The zero-order valence-electron chi connectivity index (χ0n) is 11.1. The van der Waals surface area contributed by atoms with Crippen molar-refractivity contribution in [2.75, 3.05) is 7.05 Å². The number of thiophene rings is 1. The second-order valence-electron chi connectivity index (χ2n) is 5.94. The highest BCUT2D eigenvalue weighted by molar-refractivity contribution is 7.10. The summed E-state index contributed by atoms with van der Waals surface area (Å²) in [5, 5.41) is 4.75. The average Bonchev–Trinajstić information content (AvgIpc) is 2.69. The normalized spacial score (nSPS) is 19.9. The van der Waals surface area contributed by atoms with Crippen LogP contribution < -0.4 is 5.32 Å². The molecule has 1 aromatic heterocycles. The number of nitrogens with one attached hydrogen (secondary N) is 1. The molecule has 1 aromatic rings. The van der Waals surface area contributed by atoms with Crippen LogP contribution in [0.4, 0.5) is 0 Å². The summed E-state index contributed by atoms with van der Waals surface area (Å²) in [6.45, 7) is 6.95. The molecule has 0 saturated carbocycles. The van der Waals surface area contributed by atoms with E-state index in [1.54, 1.807) is 18.4 Å². The van der Waals surface area contributed by atoms with Crippen LogP contribution in [0.5, 0.6) is 0 Å². The molecule has 1 N–H and O–H groups in total. The van der Waals surface area contributed by atoms with E-state index in [1.807, 2.05) is 5.38 Å². The number of amides is 1. The van der Waals surface area contributed by atoms with E-state index < -0.39 is 0 Å². The fourth-order valence-corrected chi connectivity index (χ4v) is 3.74. The highest BCUT2D eigenvalue weighted by Gasteiger charge is 2.31. The number of fused-ring (bicyclic) bond motifs is 1. The van der Waals surface area contributed by atoms with Gasteiger partial charge in [-0.1, -0.05) is 20.8 Å². The van der Waals surface area contributed by atoms with Crippen molar-refractivity contribution in [3.63, 3.8) is 0 Å². The van der Waals surface area contributed by atoms with E-state index in [0.29, 0.717) is 5.41 Å². The van der Waals surface area contributed by atoms with Gasteiger partial charge >= 0.3 is 0 Å². The molecule has 0 spiro atoms. The van der Waals surface area contributed by atoms with Gasteiger partial charge in [-0.15, -0.1) is 11.3 Å². The highest BCUT2D eigenvalue weighted by Crippen LogP contribution is 2.40. The van der Waals surface area contributed by atoms with Gasteiger partial charge in [-0.2, -0.15) is 0 Å². The molecule has 0 aliphatic heterocycles. The van der Waals surface area contributed by atoms with Crippen molar-refractivity contribution in [2.45, 2.75) is 40.0 Å². The van der Waals surface area contributed by atoms with Crippen molar-refractivity contribution < 1.29 is 4.79 Å². The van der Waals surface area contributed by atoms with E-state index in [9.17, 15) is 4.79 Å². The molecule has 1 aliphatic carbocycles. The largest absolute Gasteiger partial charge is 0.355 e. The van der Waals surface area contributed by atoms with Crippen LogP contribution >= 0.6 is 11.3 Å². The second kappa shape index (κ2) is 4.45. The van der Waals surface area contributed by atoms with Gasteiger partial charge in [-0.3, -0.25) is 4.79 Å². The first-order chi connectivity index (χ1) is 7.93. The minimum atomic E-state index is 0.0664. The van der Waals surface area contributed by atoms with Gasteiger partial charge in [0.05, 0.1) is 5.56 Å². The molecule has 1 aliphatic rings. The SMILES string of the molecule is CNC(=O)c1csc2c1CCC(C(C)(C)C)C2. The number of hydrogen-bond donors (Lipinski definition) is 1. The van der Waals surface area contributed by atoms with Gasteiger partial charge in [0.1, 0.15) is 0 Å². The third-order valence-corrected chi connectivity index (χ3v) is 4.90. The van der Waals surface area contributed by atoms with Crippen molar-refractivity contribution in [1.82, 2.24) is 5.32 Å². The van der Waals surface area contributed by atoms with Crippen LogP contribution in [0.3, 0.4) is 0 Å². The summed E-state index contributed by atoms with van der Waals surface area (Å²) in [7, 11) is 1.70. The summed E-state index contributed by atoms with van der Waals surface area (Å²) in [6.07, 6.45) is 3.40. The summed E-state index contributed by atoms with van der Waals surface area (Å²) < 4.78 is 0. The molecule has 2 rings (SSSR count). The van der Waals surface area contributed by atoms with Crippen LogP contribution in [0, 0.1) is 11.3 Å². The van der Waals surface area contributed by atoms with E-state index in [0.717, 1.165) is 24.3 Å². The van der Waals surface area contributed by atoms with E-state index in [2.05, 4.69) is 26.1 Å². The molecule has 0 fully saturated rings. The molecule has 0 bridgehead atoms. The Morgan fingerprint density at radius 1 is 1.47 bits per heavy atom. The Labute approximate surface area is 107 Å². The molecule has 1 amide bonds. The molecular formula is C14H21NOS. The Hall–Kier alpha value is -0.830. The molecule has 1 unspecified atom stereocenters. The molecule has 3 heteroatoms. The summed E-state index contributed by atoms with van der Waals surface area (Å²) >= 11 is 1.75. The Bertz CT molecular complexity index is 428. The van der Waals surface area contributed by atoms with E-state index in [-0.39, 0.29) is 5.91 Å². The minimum absolute atomic E-state index is 0.0664. The first-order valence-corrected chi connectivity index (χ1v) is 7.12. The fourth-order valence-electron chi connectivity index (χ4n) is 2.58. The summed E-state index contributed by atoms with van der Waals surface area (Å²) in [6, 6.07) is 0. The number of carbonyl (C=O) groups excluding carboxylic acids is 1. The quantitative estimate of drug-likeness (QED) is 0.815. The summed E-state index contributed by atoms with van der Waals surface area (Å²) in [4.78, 5) is 13.1. The monoisotopic (exact) mass is 251 g/mol. The van der Waals surface area contributed by atoms with Gasteiger partial charge in [0.15, 0.2) is 0 Å². The third kappa shape index (κ3) is 2.39. The van der Waals surface area contributed by atoms with Crippen molar-refractivity contribution in [3.05, 3.63) is 21.4 Å². The summed E-state index contributed by atoms with van der Waals surface area (Å²) in [5.74, 6) is 0.808. The van der Waals surface area contributed by atoms with Crippen LogP contribution in [-0.2, 0) is 12.8 Å². The zero-order valence-corrected chi connectivity index (χ0v) is 11.9. The molecule has 0 aromatic carbocycles. The van der Waals surface area contributed by atoms with Crippen molar-refractivity contribution in [3.8, 4) is 0 Å². The molecular weight excluding hydrogens is 230 g/mol. The van der Waals surface area contributed by atoms with Gasteiger partial charge < -0.3 is 5.32 Å². The Balaban J connectivity index is 2.24. The molecule has 1 atom stereocenters. The minimum Gasteiger partial charge on any atom is -0.355 e. The standard InChI is InChI=1S/C14H21NOS/c1-14(2,3)9-5-6-10-11(13(16)15-4)8-17-12(10)7-9/h8-9H,5-7H2,1-4H3,(H,15,16). The molecule has 94 valence electrons. The lowest BCUT2D eigenvalue weighted by molar-refractivity contribution is 0.0962. The first-order valence-electron chi connectivity index (χ1n) is 6.24. The van der Waals surface area contributed by atoms with Gasteiger partial charge in [0.2, 0.25) is 0 Å². The van der Waals surface area contributed by atoms with E-state index in [1.165, 1.54) is 16.9 Å². The lowest BCUT2D eigenvalue weighted by atomic mass is 9.72. The van der Waals surface area contributed by atoms with Crippen molar-refractivity contribution in [1.29, 1.82) is 0 Å². The fraction of sp³-hybridized carbons (Fsp3) is 0.643. The third-order valence-electron chi connectivity index (χ3n) is 3.85. The number of carbonyl (C=O) groups is 1. The first kappa shape index (κ1) is 12.6. The van der Waals surface area contributed by atoms with Crippen LogP contribution in [0.25, 0.3) is 0 Å². The maximum Gasteiger partial charge on any atom is 0.252 e. The maximum absolute atomic E-state index is 11.7. The molecule has 2 nitrogen and oxygen atoms in total. The van der Waals surface area contributed by atoms with Gasteiger partial charge in [-0.05, 0) is 36.2 Å². The van der Waals surface area contributed by atoms with Crippen LogP contribution in [-0.4, -0.2) is 13.0 Å². The zero-order chi connectivity index (χ0) is 12.6. The predicted octanol–water partition coefficient (Wildman–Crippen LogP) is 3.26. The smallest absolute Gasteiger partial charge is 0.252 e.